The van der Waals surface area contributed by atoms with E-state index in [4.69, 9.17) is 11.6 Å². The number of piperazine rings is 1. The van der Waals surface area contributed by atoms with Gasteiger partial charge in [0.05, 0.1) is 5.88 Å². The van der Waals surface area contributed by atoms with E-state index in [0.717, 1.165) is 25.3 Å². The number of halogens is 2. The molecule has 0 atom stereocenters. The Kier molecular flexibility index (Phi) is 3.83. The summed E-state index contributed by atoms with van der Waals surface area (Å²) in [6.07, 6.45) is 0. The lowest BCUT2D eigenvalue weighted by molar-refractivity contribution is 0.139. The molecule has 2 nitrogen and oxygen atoms in total. The predicted molar refractivity (Wildman–Crippen MR) is 74.9 cm³/mol. The third-order valence-electron chi connectivity index (χ3n) is 3.88. The fraction of sp³-hybridized carbons (Fsp3) is 0.571. The van der Waals surface area contributed by atoms with Gasteiger partial charge in [0.1, 0.15) is 5.82 Å². The van der Waals surface area contributed by atoms with Gasteiger partial charge in [0.2, 0.25) is 0 Å². The van der Waals surface area contributed by atoms with Crippen molar-refractivity contribution in [3.63, 3.8) is 0 Å². The van der Waals surface area contributed by atoms with Gasteiger partial charge in [-0.3, -0.25) is 4.90 Å². The van der Waals surface area contributed by atoms with E-state index >= 15 is 0 Å². The quantitative estimate of drug-likeness (QED) is 0.762. The van der Waals surface area contributed by atoms with Crippen LogP contribution in [0.5, 0.6) is 0 Å². The van der Waals surface area contributed by atoms with Gasteiger partial charge in [0.15, 0.2) is 0 Å². The van der Waals surface area contributed by atoms with E-state index in [-0.39, 0.29) is 17.2 Å². The molecule has 0 aliphatic carbocycles. The number of rotatable bonds is 2. The van der Waals surface area contributed by atoms with Gasteiger partial charge >= 0.3 is 0 Å². The molecule has 0 radical (unpaired) electrons. The lowest BCUT2D eigenvalue weighted by Crippen LogP contribution is -2.57. The molecule has 1 aliphatic heterocycles. The maximum absolute atomic E-state index is 13.8. The van der Waals surface area contributed by atoms with Crippen molar-refractivity contribution in [3.8, 4) is 0 Å². The molecular formula is C14H20ClFN2. The van der Waals surface area contributed by atoms with Crippen LogP contribution in [0.3, 0.4) is 0 Å². The van der Waals surface area contributed by atoms with Crippen LogP contribution in [0, 0.1) is 5.82 Å². The summed E-state index contributed by atoms with van der Waals surface area (Å²) in [6, 6.07) is 5.19. The molecule has 1 aromatic rings. The molecule has 1 heterocycles. The van der Waals surface area contributed by atoms with E-state index in [1.165, 1.54) is 6.07 Å². The summed E-state index contributed by atoms with van der Waals surface area (Å²) >= 11 is 5.88. The molecule has 1 fully saturated rings. The molecule has 2 rings (SSSR count). The number of hydrogen-bond acceptors (Lipinski definition) is 2. The molecule has 1 saturated heterocycles. The topological polar surface area (TPSA) is 6.48 Å². The Bertz CT molecular complexity index is 434. The van der Waals surface area contributed by atoms with Gasteiger partial charge in [0, 0.05) is 36.4 Å². The van der Waals surface area contributed by atoms with Crippen molar-refractivity contribution in [2.75, 3.05) is 31.6 Å². The normalized spacial score (nSPS) is 20.2. The van der Waals surface area contributed by atoms with Crippen LogP contribution in [-0.2, 0) is 5.88 Å². The van der Waals surface area contributed by atoms with Crippen LogP contribution in [0.4, 0.5) is 10.1 Å². The van der Waals surface area contributed by atoms with E-state index in [0.29, 0.717) is 5.56 Å². The molecule has 1 aliphatic rings. The van der Waals surface area contributed by atoms with Crippen molar-refractivity contribution < 1.29 is 4.39 Å². The molecule has 18 heavy (non-hydrogen) atoms. The Hall–Kier alpha value is -0.800. The average Bonchev–Trinajstić information content (AvgIpc) is 2.32. The summed E-state index contributed by atoms with van der Waals surface area (Å²) in [5, 5.41) is 0. The second-order valence-electron chi connectivity index (χ2n) is 5.53. The molecular weight excluding hydrogens is 251 g/mol. The van der Waals surface area contributed by atoms with Crippen LogP contribution < -0.4 is 4.90 Å². The predicted octanol–water partition coefficient (Wildman–Crippen LogP) is 3.09. The minimum Gasteiger partial charge on any atom is -0.368 e. The Balaban J connectivity index is 2.30. The van der Waals surface area contributed by atoms with E-state index in [1.54, 1.807) is 6.07 Å². The lowest BCUT2D eigenvalue weighted by Gasteiger charge is -2.46. The van der Waals surface area contributed by atoms with Crippen LogP contribution in [0.25, 0.3) is 0 Å². The Morgan fingerprint density at radius 3 is 2.67 bits per heavy atom. The molecule has 0 saturated carbocycles. The maximum Gasteiger partial charge on any atom is 0.129 e. The van der Waals surface area contributed by atoms with Gasteiger partial charge in [-0.2, -0.15) is 0 Å². The average molecular weight is 271 g/mol. The summed E-state index contributed by atoms with van der Waals surface area (Å²) in [7, 11) is 2.13. The number of benzene rings is 1. The summed E-state index contributed by atoms with van der Waals surface area (Å²) < 4.78 is 13.8. The highest BCUT2D eigenvalue weighted by atomic mass is 35.5. The zero-order chi connectivity index (χ0) is 13.3. The highest BCUT2D eigenvalue weighted by Gasteiger charge is 2.32. The van der Waals surface area contributed by atoms with Gasteiger partial charge in [0.25, 0.3) is 0 Å². The number of likely N-dealkylation sites (N-methyl/N-ethyl adjacent to an activating group) is 1. The van der Waals surface area contributed by atoms with Crippen LogP contribution >= 0.6 is 11.6 Å². The van der Waals surface area contributed by atoms with E-state index in [2.05, 4.69) is 30.7 Å². The molecule has 0 aromatic heterocycles. The van der Waals surface area contributed by atoms with Crippen LogP contribution in [0.2, 0.25) is 0 Å². The first-order chi connectivity index (χ1) is 8.45. The standard InChI is InChI=1S/C14H20ClFN2/c1-14(2)10-18(8-7-17(14)3)13-6-4-5-12(16)11(13)9-15/h4-6H,7-10H2,1-3H3. The number of nitrogens with zero attached hydrogens (tertiary/aromatic N) is 2. The van der Waals surface area contributed by atoms with Crippen molar-refractivity contribution in [1.29, 1.82) is 0 Å². The maximum atomic E-state index is 13.8. The monoisotopic (exact) mass is 270 g/mol. The van der Waals surface area contributed by atoms with Crippen LogP contribution in [0.15, 0.2) is 18.2 Å². The number of anilines is 1. The molecule has 0 bridgehead atoms. The SMILES string of the molecule is CN1CCN(c2cccc(F)c2CCl)CC1(C)C. The minimum absolute atomic E-state index is 0.0914. The summed E-state index contributed by atoms with van der Waals surface area (Å²) in [5.41, 5.74) is 1.64. The third kappa shape index (κ3) is 2.47. The van der Waals surface area contributed by atoms with Gasteiger partial charge in [-0.1, -0.05) is 6.07 Å². The first-order valence-electron chi connectivity index (χ1n) is 6.25. The van der Waals surface area contributed by atoms with Crippen LogP contribution in [0.1, 0.15) is 19.4 Å². The van der Waals surface area contributed by atoms with Gasteiger partial charge in [-0.25, -0.2) is 4.39 Å². The van der Waals surface area contributed by atoms with E-state index < -0.39 is 0 Å². The van der Waals surface area contributed by atoms with Gasteiger partial charge in [-0.05, 0) is 33.0 Å². The zero-order valence-corrected chi connectivity index (χ0v) is 12.0. The molecule has 4 heteroatoms. The van der Waals surface area contributed by atoms with Crippen molar-refractivity contribution in [3.05, 3.63) is 29.6 Å². The third-order valence-corrected chi connectivity index (χ3v) is 4.15. The fourth-order valence-electron chi connectivity index (χ4n) is 2.42. The summed E-state index contributed by atoms with van der Waals surface area (Å²) in [5.74, 6) is 0.00800. The first-order valence-corrected chi connectivity index (χ1v) is 6.79. The highest BCUT2D eigenvalue weighted by Crippen LogP contribution is 2.29. The molecule has 0 unspecified atom stereocenters. The van der Waals surface area contributed by atoms with Crippen molar-refractivity contribution in [2.45, 2.75) is 25.3 Å². The van der Waals surface area contributed by atoms with Gasteiger partial charge < -0.3 is 4.90 Å². The first kappa shape index (κ1) is 13.6. The molecule has 1 aromatic carbocycles. The second-order valence-corrected chi connectivity index (χ2v) is 5.79. The molecule has 0 spiro atoms. The Morgan fingerprint density at radius 2 is 2.06 bits per heavy atom. The summed E-state index contributed by atoms with van der Waals surface area (Å²) in [6.45, 7) is 7.19. The van der Waals surface area contributed by atoms with E-state index in [9.17, 15) is 4.39 Å². The fourth-order valence-corrected chi connectivity index (χ4v) is 2.69. The van der Waals surface area contributed by atoms with Crippen molar-refractivity contribution in [2.24, 2.45) is 0 Å². The molecule has 100 valence electrons. The Labute approximate surface area is 113 Å². The zero-order valence-electron chi connectivity index (χ0n) is 11.2. The smallest absolute Gasteiger partial charge is 0.129 e. The highest BCUT2D eigenvalue weighted by molar-refractivity contribution is 6.17. The van der Waals surface area contributed by atoms with Crippen molar-refractivity contribution >= 4 is 17.3 Å². The van der Waals surface area contributed by atoms with E-state index in [1.807, 2.05) is 6.07 Å². The molecule has 0 amide bonds. The number of hydrogen-bond donors (Lipinski definition) is 0. The lowest BCUT2D eigenvalue weighted by atomic mass is 9.98. The van der Waals surface area contributed by atoms with Crippen LogP contribution in [-0.4, -0.2) is 37.1 Å². The largest absolute Gasteiger partial charge is 0.368 e. The Morgan fingerprint density at radius 1 is 1.33 bits per heavy atom. The van der Waals surface area contributed by atoms with Gasteiger partial charge in [-0.15, -0.1) is 11.6 Å². The van der Waals surface area contributed by atoms with Crippen molar-refractivity contribution in [1.82, 2.24) is 4.90 Å². The number of alkyl halides is 1. The second kappa shape index (κ2) is 5.06. The minimum atomic E-state index is -0.209. The molecule has 0 N–H and O–H groups in total. The summed E-state index contributed by atoms with van der Waals surface area (Å²) in [4.78, 5) is 4.57.